The molecule has 0 bridgehead atoms. The van der Waals surface area contributed by atoms with Crippen LogP contribution in [0.2, 0.25) is 0 Å². The van der Waals surface area contributed by atoms with Gasteiger partial charge in [0.25, 0.3) is 5.69 Å². The number of non-ortho nitro benzene ring substituents is 1. The number of halogens is 2. The highest BCUT2D eigenvalue weighted by atomic mass is 32.2. The Bertz CT molecular complexity index is 1090. The van der Waals surface area contributed by atoms with Crippen LogP contribution in [0.3, 0.4) is 0 Å². The van der Waals surface area contributed by atoms with E-state index in [-0.39, 0.29) is 0 Å². The van der Waals surface area contributed by atoms with Crippen LogP contribution in [0.1, 0.15) is 26.3 Å². The molecule has 3 rings (SSSR count). The van der Waals surface area contributed by atoms with Crippen molar-refractivity contribution in [1.29, 1.82) is 0 Å². The number of rotatable bonds is 3. The number of amides is 1. The third kappa shape index (κ3) is 3.99. The number of nitrogens with zero attached hydrogens (tertiary/aromatic N) is 3. The van der Waals surface area contributed by atoms with Crippen LogP contribution in [0.5, 0.6) is 0 Å². The second-order valence-corrected chi connectivity index (χ2v) is 10.5. The summed E-state index contributed by atoms with van der Waals surface area (Å²) in [6.45, 7) is 2.96. The number of carbonyl (C=O) groups is 1. The first-order chi connectivity index (χ1) is 14.7. The minimum absolute atomic E-state index is 0.429. The van der Waals surface area contributed by atoms with Gasteiger partial charge >= 0.3 is 6.09 Å². The highest BCUT2D eigenvalue weighted by molar-refractivity contribution is 7.90. The molecular weight excluding hydrogens is 454 g/mol. The number of ether oxygens (including phenoxy) is 2. The SMILES string of the molecule is CN1/C(=N\C(=O)OC(C)(C)C)N[C@@]2(c3cc([N+](=O)[O-])ccc3F)CO[C@@H](CF)[C@H]2S1(=O)=O. The zero-order valence-corrected chi connectivity index (χ0v) is 18.5. The number of nitro groups is 1. The van der Waals surface area contributed by atoms with Crippen molar-refractivity contribution >= 4 is 27.8 Å². The molecule has 0 aromatic heterocycles. The molecule has 1 aromatic rings. The number of fused-ring (bicyclic) bond motifs is 1. The molecule has 1 aromatic carbocycles. The Morgan fingerprint density at radius 2 is 2.12 bits per heavy atom. The number of aliphatic imine (C=N–C) groups is 1. The Morgan fingerprint density at radius 3 is 2.69 bits per heavy atom. The first-order valence-corrected chi connectivity index (χ1v) is 10.9. The Hall–Kier alpha value is -2.87. The van der Waals surface area contributed by atoms with Gasteiger partial charge in [-0.1, -0.05) is 0 Å². The molecule has 11 nitrogen and oxygen atoms in total. The van der Waals surface area contributed by atoms with Crippen LogP contribution in [0.4, 0.5) is 19.3 Å². The van der Waals surface area contributed by atoms with Gasteiger partial charge in [-0.3, -0.25) is 10.1 Å². The Balaban J connectivity index is 2.21. The van der Waals surface area contributed by atoms with Crippen molar-refractivity contribution in [3.05, 3.63) is 39.7 Å². The van der Waals surface area contributed by atoms with Crippen LogP contribution in [0.15, 0.2) is 23.2 Å². The lowest BCUT2D eigenvalue weighted by molar-refractivity contribution is -0.385. The Morgan fingerprint density at radius 1 is 1.47 bits per heavy atom. The number of benzene rings is 1. The molecule has 2 heterocycles. The number of carbonyl (C=O) groups excluding carboxylic acids is 1. The van der Waals surface area contributed by atoms with Crippen molar-refractivity contribution in [2.24, 2.45) is 4.99 Å². The quantitative estimate of drug-likeness (QED) is 0.515. The number of nitrogens with one attached hydrogen (secondary N) is 1. The first kappa shape index (κ1) is 23.8. The molecule has 2 fully saturated rings. The van der Waals surface area contributed by atoms with Crippen LogP contribution in [-0.4, -0.2) is 67.0 Å². The van der Waals surface area contributed by atoms with Gasteiger partial charge in [0.1, 0.15) is 35.0 Å². The lowest BCUT2D eigenvalue weighted by Gasteiger charge is -2.44. The van der Waals surface area contributed by atoms with E-state index in [4.69, 9.17) is 9.47 Å². The van der Waals surface area contributed by atoms with Gasteiger partial charge in [-0.25, -0.2) is 26.3 Å². The number of sulfonamides is 1. The molecule has 2 saturated heterocycles. The van der Waals surface area contributed by atoms with E-state index in [1.165, 1.54) is 0 Å². The fourth-order valence-corrected chi connectivity index (χ4v) is 5.68. The van der Waals surface area contributed by atoms with Crippen LogP contribution in [0.25, 0.3) is 0 Å². The summed E-state index contributed by atoms with van der Waals surface area (Å²) in [7, 11) is -3.39. The van der Waals surface area contributed by atoms with Crippen molar-refractivity contribution < 1.29 is 36.4 Å². The molecule has 0 unspecified atom stereocenters. The molecule has 0 spiro atoms. The molecule has 2 aliphatic rings. The predicted octanol–water partition coefficient (Wildman–Crippen LogP) is 1.82. The van der Waals surface area contributed by atoms with Gasteiger partial charge in [0.2, 0.25) is 16.0 Å². The summed E-state index contributed by atoms with van der Waals surface area (Å²) in [6, 6.07) is 2.57. The first-order valence-electron chi connectivity index (χ1n) is 9.42. The maximum Gasteiger partial charge on any atom is 0.437 e. The molecule has 3 atom stereocenters. The van der Waals surface area contributed by atoms with E-state index in [0.717, 1.165) is 25.2 Å². The summed E-state index contributed by atoms with van der Waals surface area (Å²) in [5.41, 5.74) is -3.86. The molecule has 14 heteroatoms. The molecule has 2 aliphatic heterocycles. The van der Waals surface area contributed by atoms with Gasteiger partial charge in [0.15, 0.2) is 0 Å². The summed E-state index contributed by atoms with van der Waals surface area (Å²) in [4.78, 5) is 26.3. The van der Waals surface area contributed by atoms with E-state index in [0.29, 0.717) is 4.31 Å². The molecule has 1 amide bonds. The summed E-state index contributed by atoms with van der Waals surface area (Å²) < 4.78 is 66.2. The van der Waals surface area contributed by atoms with Crippen molar-refractivity contribution in [3.8, 4) is 0 Å². The van der Waals surface area contributed by atoms with Crippen LogP contribution in [-0.2, 0) is 25.0 Å². The smallest absolute Gasteiger partial charge is 0.437 e. The summed E-state index contributed by atoms with van der Waals surface area (Å²) in [5, 5.41) is 12.2. The second kappa shape index (κ2) is 7.92. The predicted molar refractivity (Wildman–Crippen MR) is 108 cm³/mol. The van der Waals surface area contributed by atoms with Crippen molar-refractivity contribution in [1.82, 2.24) is 9.62 Å². The van der Waals surface area contributed by atoms with Gasteiger partial charge in [0, 0.05) is 24.7 Å². The molecule has 176 valence electrons. The van der Waals surface area contributed by atoms with Crippen molar-refractivity contribution in [2.75, 3.05) is 20.3 Å². The standard InChI is InChI=1S/C18H22F2N4O7S/c1-17(2,3)31-16(25)21-15-22-18(11-7-10(24(26)27)5-6-12(11)20)9-30-13(8-19)14(18)32(28,29)23(15)4/h5-7,13-14H,8-9H2,1-4H3,(H,21,22,25)/t13-,14+,18+/m0/s1. The highest BCUT2D eigenvalue weighted by Crippen LogP contribution is 2.44. The van der Waals surface area contributed by atoms with Gasteiger partial charge in [0.05, 0.1) is 11.5 Å². The molecule has 0 saturated carbocycles. The number of guanidine groups is 1. The largest absolute Gasteiger partial charge is 0.442 e. The number of nitro benzene ring substituents is 1. The fourth-order valence-electron chi connectivity index (χ4n) is 3.71. The highest BCUT2D eigenvalue weighted by Gasteiger charge is 2.63. The monoisotopic (exact) mass is 476 g/mol. The molecule has 32 heavy (non-hydrogen) atoms. The van der Waals surface area contributed by atoms with Crippen molar-refractivity contribution in [2.45, 2.75) is 43.3 Å². The fraction of sp³-hybridized carbons (Fsp3) is 0.556. The summed E-state index contributed by atoms with van der Waals surface area (Å²) in [6.07, 6.45) is -2.62. The Kier molecular flexibility index (Phi) is 5.89. The van der Waals surface area contributed by atoms with E-state index < -0.39 is 79.8 Å². The van der Waals surface area contributed by atoms with Gasteiger partial charge in [-0.2, -0.15) is 0 Å². The maximum atomic E-state index is 14.9. The van der Waals surface area contributed by atoms with Crippen LogP contribution < -0.4 is 5.32 Å². The van der Waals surface area contributed by atoms with Gasteiger partial charge < -0.3 is 14.8 Å². The second-order valence-electron chi connectivity index (χ2n) is 8.37. The van der Waals surface area contributed by atoms with Crippen LogP contribution >= 0.6 is 0 Å². The molecule has 0 radical (unpaired) electrons. The summed E-state index contributed by atoms with van der Waals surface area (Å²) in [5.74, 6) is -1.50. The van der Waals surface area contributed by atoms with E-state index >= 15 is 0 Å². The molecule has 0 aliphatic carbocycles. The normalized spacial score (nSPS) is 28.2. The van der Waals surface area contributed by atoms with E-state index in [1.54, 1.807) is 20.8 Å². The minimum atomic E-state index is -4.46. The van der Waals surface area contributed by atoms with E-state index in [2.05, 4.69) is 10.3 Å². The molecular formula is C18H22F2N4O7S. The number of alkyl halides is 1. The maximum absolute atomic E-state index is 14.9. The summed E-state index contributed by atoms with van der Waals surface area (Å²) >= 11 is 0. The van der Waals surface area contributed by atoms with E-state index in [1.807, 2.05) is 0 Å². The molecule has 1 N–H and O–H groups in total. The van der Waals surface area contributed by atoms with Crippen molar-refractivity contribution in [3.63, 3.8) is 0 Å². The van der Waals surface area contributed by atoms with Gasteiger partial charge in [-0.05, 0) is 26.8 Å². The van der Waals surface area contributed by atoms with E-state index in [9.17, 15) is 32.1 Å². The topological polar surface area (TPSA) is 140 Å². The van der Waals surface area contributed by atoms with Crippen LogP contribution in [0, 0.1) is 15.9 Å². The zero-order chi connectivity index (χ0) is 24.1. The average Bonchev–Trinajstić information content (AvgIpc) is 3.05. The Labute approximate surface area is 182 Å². The number of hydrogen-bond donors (Lipinski definition) is 1. The number of hydrogen-bond acceptors (Lipinski definition) is 7. The van der Waals surface area contributed by atoms with Gasteiger partial charge in [-0.15, -0.1) is 4.99 Å². The minimum Gasteiger partial charge on any atom is -0.442 e. The third-order valence-corrected chi connectivity index (χ3v) is 7.35. The lowest BCUT2D eigenvalue weighted by atomic mass is 9.86. The average molecular weight is 476 g/mol. The zero-order valence-electron chi connectivity index (χ0n) is 17.7. The third-order valence-electron chi connectivity index (χ3n) is 5.07. The lowest BCUT2D eigenvalue weighted by Crippen LogP contribution is -2.68.